The zero-order valence-electron chi connectivity index (χ0n) is 10.9. The summed E-state index contributed by atoms with van der Waals surface area (Å²) >= 11 is 0. The highest BCUT2D eigenvalue weighted by Crippen LogP contribution is 2.22. The van der Waals surface area contributed by atoms with Crippen LogP contribution in [0.4, 0.5) is 5.82 Å². The van der Waals surface area contributed by atoms with E-state index in [-0.39, 0.29) is 0 Å². The monoisotopic (exact) mass is 252 g/mol. The highest BCUT2D eigenvalue weighted by Gasteiger charge is 2.04. The Bertz CT molecular complexity index is 671. The summed E-state index contributed by atoms with van der Waals surface area (Å²) in [5.41, 5.74) is 3.47. The van der Waals surface area contributed by atoms with E-state index < -0.39 is 0 Å². The summed E-state index contributed by atoms with van der Waals surface area (Å²) in [4.78, 5) is 4.36. The van der Waals surface area contributed by atoms with Crippen molar-refractivity contribution >= 4 is 16.8 Å². The number of hydrogen-bond acceptors (Lipinski definition) is 3. The van der Waals surface area contributed by atoms with Gasteiger partial charge in [0, 0.05) is 12.7 Å². The van der Waals surface area contributed by atoms with Crippen molar-refractivity contribution in [1.29, 1.82) is 0 Å². The van der Waals surface area contributed by atoms with Crippen molar-refractivity contribution in [2.24, 2.45) is 0 Å². The second-order valence-electron chi connectivity index (χ2n) is 4.52. The number of furan rings is 1. The van der Waals surface area contributed by atoms with E-state index in [0.717, 1.165) is 29.8 Å². The first kappa shape index (κ1) is 11.8. The fraction of sp³-hybridized carbons (Fsp3) is 0.188. The number of nitrogens with zero attached hydrogens (tertiary/aromatic N) is 1. The summed E-state index contributed by atoms with van der Waals surface area (Å²) in [6.07, 6.45) is 4.52. The second kappa shape index (κ2) is 5.14. The van der Waals surface area contributed by atoms with Crippen LogP contribution in [-0.4, -0.2) is 4.98 Å². The normalized spacial score (nSPS) is 10.8. The van der Waals surface area contributed by atoms with Gasteiger partial charge in [0.05, 0.1) is 11.6 Å². The molecule has 0 aliphatic carbocycles. The van der Waals surface area contributed by atoms with Crippen LogP contribution in [0.15, 0.2) is 53.3 Å². The molecule has 3 rings (SSSR count). The topological polar surface area (TPSA) is 38.1 Å². The number of rotatable bonds is 4. The first-order chi connectivity index (χ1) is 9.36. The van der Waals surface area contributed by atoms with Crippen LogP contribution in [0.5, 0.6) is 0 Å². The average Bonchev–Trinajstić information content (AvgIpc) is 2.94. The molecule has 1 aromatic carbocycles. The number of benzene rings is 1. The lowest BCUT2D eigenvalue weighted by molar-refractivity contribution is 0.615. The van der Waals surface area contributed by atoms with Crippen molar-refractivity contribution in [3.05, 3.63) is 60.0 Å². The van der Waals surface area contributed by atoms with Crippen LogP contribution in [0.25, 0.3) is 11.0 Å². The van der Waals surface area contributed by atoms with E-state index in [4.69, 9.17) is 4.42 Å². The average molecular weight is 252 g/mol. The Morgan fingerprint density at radius 2 is 1.84 bits per heavy atom. The maximum atomic E-state index is 5.36. The fourth-order valence-corrected chi connectivity index (χ4v) is 2.11. The third kappa shape index (κ3) is 2.45. The van der Waals surface area contributed by atoms with Crippen molar-refractivity contribution in [3.63, 3.8) is 0 Å². The molecule has 0 radical (unpaired) electrons. The van der Waals surface area contributed by atoms with Gasteiger partial charge in [-0.25, -0.2) is 4.98 Å². The van der Waals surface area contributed by atoms with Crippen LogP contribution in [0.3, 0.4) is 0 Å². The third-order valence-corrected chi connectivity index (χ3v) is 3.27. The highest BCUT2D eigenvalue weighted by molar-refractivity contribution is 5.87. The smallest absolute Gasteiger partial charge is 0.139 e. The molecule has 3 heteroatoms. The molecule has 0 bridgehead atoms. The lowest BCUT2D eigenvalue weighted by atomic mass is 10.1. The first-order valence-electron chi connectivity index (χ1n) is 6.50. The molecule has 96 valence electrons. The fourth-order valence-electron chi connectivity index (χ4n) is 2.11. The first-order valence-corrected chi connectivity index (χ1v) is 6.50. The minimum Gasteiger partial charge on any atom is -0.464 e. The summed E-state index contributed by atoms with van der Waals surface area (Å²) in [5.74, 6) is 0.866. The number of anilines is 1. The molecule has 0 saturated heterocycles. The predicted octanol–water partition coefficient (Wildman–Crippen LogP) is 4.00. The third-order valence-electron chi connectivity index (χ3n) is 3.27. The molecule has 0 fully saturated rings. The number of nitrogens with one attached hydrogen (secondary N) is 1. The Labute approximate surface area is 112 Å². The van der Waals surface area contributed by atoms with Gasteiger partial charge < -0.3 is 9.73 Å². The van der Waals surface area contributed by atoms with E-state index in [1.54, 1.807) is 12.5 Å². The minimum absolute atomic E-state index is 0.765. The zero-order chi connectivity index (χ0) is 13.1. The van der Waals surface area contributed by atoms with Gasteiger partial charge in [0.15, 0.2) is 0 Å². The molecule has 0 atom stereocenters. The van der Waals surface area contributed by atoms with Gasteiger partial charge in [0.2, 0.25) is 0 Å². The molecule has 0 amide bonds. The van der Waals surface area contributed by atoms with Crippen LogP contribution in [-0.2, 0) is 13.0 Å². The minimum atomic E-state index is 0.765. The second-order valence-corrected chi connectivity index (χ2v) is 4.52. The summed E-state index contributed by atoms with van der Waals surface area (Å²) in [6.45, 7) is 2.93. The van der Waals surface area contributed by atoms with Crippen molar-refractivity contribution in [1.82, 2.24) is 4.98 Å². The lowest BCUT2D eigenvalue weighted by Crippen LogP contribution is -2.01. The molecule has 0 aliphatic heterocycles. The van der Waals surface area contributed by atoms with Gasteiger partial charge in [0.25, 0.3) is 0 Å². The largest absolute Gasteiger partial charge is 0.464 e. The van der Waals surface area contributed by atoms with Crippen molar-refractivity contribution in [3.8, 4) is 0 Å². The molecule has 1 N–H and O–H groups in total. The van der Waals surface area contributed by atoms with Crippen molar-refractivity contribution in [2.45, 2.75) is 19.9 Å². The van der Waals surface area contributed by atoms with Crippen molar-refractivity contribution in [2.75, 3.05) is 5.32 Å². The Morgan fingerprint density at radius 1 is 1.05 bits per heavy atom. The van der Waals surface area contributed by atoms with Gasteiger partial charge in [-0.15, -0.1) is 0 Å². The standard InChI is InChI=1S/C16H16N2O/c1-2-12-3-5-13(6-4-12)11-18-16-14-8-10-19-15(14)7-9-17-16/h3-10H,2,11H2,1H3,(H,17,18). The van der Waals surface area contributed by atoms with E-state index in [0.29, 0.717) is 0 Å². The molecule has 0 spiro atoms. The molecule has 2 heterocycles. The number of hydrogen-bond donors (Lipinski definition) is 1. The van der Waals surface area contributed by atoms with Gasteiger partial charge in [-0.1, -0.05) is 31.2 Å². The zero-order valence-corrected chi connectivity index (χ0v) is 10.9. The molecular formula is C16H16N2O. The van der Waals surface area contributed by atoms with Crippen LogP contribution in [0.2, 0.25) is 0 Å². The van der Waals surface area contributed by atoms with Crippen LogP contribution in [0, 0.1) is 0 Å². The predicted molar refractivity (Wildman–Crippen MR) is 77.2 cm³/mol. The Kier molecular flexibility index (Phi) is 3.19. The quantitative estimate of drug-likeness (QED) is 0.762. The van der Waals surface area contributed by atoms with Gasteiger partial charge >= 0.3 is 0 Å². The van der Waals surface area contributed by atoms with E-state index in [1.165, 1.54) is 11.1 Å². The molecule has 2 aromatic heterocycles. The van der Waals surface area contributed by atoms with Gasteiger partial charge in [0.1, 0.15) is 11.4 Å². The number of fused-ring (bicyclic) bond motifs is 1. The summed E-state index contributed by atoms with van der Waals surface area (Å²) in [7, 11) is 0. The van der Waals surface area contributed by atoms with Crippen LogP contribution < -0.4 is 5.32 Å². The Balaban J connectivity index is 1.76. The number of aromatic nitrogens is 1. The maximum absolute atomic E-state index is 5.36. The van der Waals surface area contributed by atoms with Crippen LogP contribution >= 0.6 is 0 Å². The molecule has 3 aromatic rings. The molecule has 19 heavy (non-hydrogen) atoms. The van der Waals surface area contributed by atoms with Crippen molar-refractivity contribution < 1.29 is 4.42 Å². The van der Waals surface area contributed by atoms with E-state index in [1.807, 2.05) is 12.1 Å². The Morgan fingerprint density at radius 3 is 2.63 bits per heavy atom. The van der Waals surface area contributed by atoms with Gasteiger partial charge in [-0.05, 0) is 29.7 Å². The summed E-state index contributed by atoms with van der Waals surface area (Å²) in [6, 6.07) is 12.5. The SMILES string of the molecule is CCc1ccc(CNc2nccc3occc23)cc1. The van der Waals surface area contributed by atoms with E-state index in [2.05, 4.69) is 41.5 Å². The van der Waals surface area contributed by atoms with Gasteiger partial charge in [-0.2, -0.15) is 0 Å². The molecular weight excluding hydrogens is 236 g/mol. The molecule has 0 unspecified atom stereocenters. The van der Waals surface area contributed by atoms with E-state index >= 15 is 0 Å². The highest BCUT2D eigenvalue weighted by atomic mass is 16.3. The lowest BCUT2D eigenvalue weighted by Gasteiger charge is -2.07. The molecule has 0 aliphatic rings. The number of pyridine rings is 1. The molecule has 3 nitrogen and oxygen atoms in total. The number of aryl methyl sites for hydroxylation is 1. The maximum Gasteiger partial charge on any atom is 0.139 e. The van der Waals surface area contributed by atoms with E-state index in [9.17, 15) is 0 Å². The Hall–Kier alpha value is -2.29. The van der Waals surface area contributed by atoms with Gasteiger partial charge in [-0.3, -0.25) is 0 Å². The summed E-state index contributed by atoms with van der Waals surface area (Å²) in [5, 5.41) is 4.38. The summed E-state index contributed by atoms with van der Waals surface area (Å²) < 4.78 is 5.36. The van der Waals surface area contributed by atoms with Crippen LogP contribution in [0.1, 0.15) is 18.1 Å². The molecule has 0 saturated carbocycles.